The second-order valence-corrected chi connectivity index (χ2v) is 6.31. The first-order valence-corrected chi connectivity index (χ1v) is 7.45. The Kier molecular flexibility index (Phi) is 3.78. The molecule has 23 heavy (non-hydrogen) atoms. The van der Waals surface area contributed by atoms with Crippen LogP contribution in [0.15, 0.2) is 48.8 Å². The standard InChI is InChI=1S/C18H19N3O2/c1-18(2,3)23-17(22)21-15-7-5-4-6-14(15)13-10-12-8-9-19-16(12)20-11-13/h4-11H,1-3H3,(H,19,20)(H,21,22). The number of carbonyl (C=O) groups is 1. The number of hydrogen-bond donors (Lipinski definition) is 2. The highest BCUT2D eigenvalue weighted by atomic mass is 16.6. The number of anilines is 1. The molecule has 2 heterocycles. The Morgan fingerprint density at radius 1 is 1.22 bits per heavy atom. The maximum Gasteiger partial charge on any atom is 0.412 e. The number of hydrogen-bond acceptors (Lipinski definition) is 3. The summed E-state index contributed by atoms with van der Waals surface area (Å²) in [5, 5.41) is 3.83. The van der Waals surface area contributed by atoms with Crippen molar-refractivity contribution in [1.82, 2.24) is 9.97 Å². The van der Waals surface area contributed by atoms with Crippen LogP contribution in [-0.4, -0.2) is 21.7 Å². The number of ether oxygens (including phenoxy) is 1. The van der Waals surface area contributed by atoms with Crippen molar-refractivity contribution in [2.24, 2.45) is 0 Å². The zero-order valence-corrected chi connectivity index (χ0v) is 13.4. The van der Waals surface area contributed by atoms with Gasteiger partial charge < -0.3 is 9.72 Å². The SMILES string of the molecule is CC(C)(C)OC(=O)Nc1ccccc1-c1cnc2[nH]ccc2c1. The van der Waals surface area contributed by atoms with Crippen molar-refractivity contribution < 1.29 is 9.53 Å². The molecule has 0 radical (unpaired) electrons. The fourth-order valence-corrected chi connectivity index (χ4v) is 2.34. The zero-order valence-electron chi connectivity index (χ0n) is 13.4. The molecule has 0 aliphatic heterocycles. The fraction of sp³-hybridized carbons (Fsp3) is 0.222. The van der Waals surface area contributed by atoms with Gasteiger partial charge in [-0.15, -0.1) is 0 Å². The van der Waals surface area contributed by atoms with Gasteiger partial charge in [-0.1, -0.05) is 18.2 Å². The van der Waals surface area contributed by atoms with Crippen molar-refractivity contribution in [3.8, 4) is 11.1 Å². The molecule has 0 saturated carbocycles. The first kappa shape index (κ1) is 15.1. The topological polar surface area (TPSA) is 67.0 Å². The van der Waals surface area contributed by atoms with Gasteiger partial charge in [-0.05, 0) is 39.0 Å². The number of fused-ring (bicyclic) bond motifs is 1. The number of amides is 1. The van der Waals surface area contributed by atoms with Crippen LogP contribution in [0.25, 0.3) is 22.2 Å². The highest BCUT2D eigenvalue weighted by Gasteiger charge is 2.17. The van der Waals surface area contributed by atoms with Gasteiger partial charge in [0, 0.05) is 28.9 Å². The van der Waals surface area contributed by atoms with Crippen molar-refractivity contribution in [3.05, 3.63) is 48.8 Å². The third kappa shape index (κ3) is 3.51. The summed E-state index contributed by atoms with van der Waals surface area (Å²) in [5.74, 6) is 0. The number of rotatable bonds is 2. The molecule has 0 unspecified atom stereocenters. The van der Waals surface area contributed by atoms with Gasteiger partial charge in [0.15, 0.2) is 0 Å². The predicted octanol–water partition coefficient (Wildman–Crippen LogP) is 4.58. The first-order chi connectivity index (χ1) is 10.9. The number of H-pyrrole nitrogens is 1. The minimum atomic E-state index is -0.537. The number of pyridine rings is 1. The summed E-state index contributed by atoms with van der Waals surface area (Å²) in [6.07, 6.45) is 3.17. The summed E-state index contributed by atoms with van der Waals surface area (Å²) in [5.41, 5.74) is 2.83. The van der Waals surface area contributed by atoms with Crippen LogP contribution in [0.5, 0.6) is 0 Å². The summed E-state index contributed by atoms with van der Waals surface area (Å²) < 4.78 is 5.32. The molecule has 1 amide bonds. The molecule has 5 nitrogen and oxygen atoms in total. The Balaban J connectivity index is 1.92. The number of carbonyl (C=O) groups excluding carboxylic acids is 1. The molecular formula is C18H19N3O2. The summed E-state index contributed by atoms with van der Waals surface area (Å²) in [6.45, 7) is 5.51. The van der Waals surface area contributed by atoms with E-state index < -0.39 is 11.7 Å². The van der Waals surface area contributed by atoms with E-state index in [-0.39, 0.29) is 0 Å². The molecule has 0 atom stereocenters. The van der Waals surface area contributed by atoms with Crippen molar-refractivity contribution in [2.45, 2.75) is 26.4 Å². The monoisotopic (exact) mass is 309 g/mol. The number of nitrogens with one attached hydrogen (secondary N) is 2. The van der Waals surface area contributed by atoms with E-state index in [0.717, 1.165) is 22.2 Å². The van der Waals surface area contributed by atoms with Gasteiger partial charge >= 0.3 is 6.09 Å². The van der Waals surface area contributed by atoms with Crippen molar-refractivity contribution >= 4 is 22.8 Å². The molecule has 0 aliphatic carbocycles. The number of para-hydroxylation sites is 1. The maximum absolute atomic E-state index is 12.0. The van der Waals surface area contributed by atoms with E-state index in [2.05, 4.69) is 15.3 Å². The third-order valence-corrected chi connectivity index (χ3v) is 3.27. The fourth-order valence-electron chi connectivity index (χ4n) is 2.34. The molecule has 118 valence electrons. The van der Waals surface area contributed by atoms with Gasteiger partial charge in [-0.3, -0.25) is 5.32 Å². The molecule has 3 aromatic rings. The molecular weight excluding hydrogens is 290 g/mol. The van der Waals surface area contributed by atoms with Gasteiger partial charge in [0.25, 0.3) is 0 Å². The zero-order chi connectivity index (χ0) is 16.4. The summed E-state index contributed by atoms with van der Waals surface area (Å²) in [7, 11) is 0. The highest BCUT2D eigenvalue weighted by Crippen LogP contribution is 2.29. The van der Waals surface area contributed by atoms with E-state index in [0.29, 0.717) is 5.69 Å². The number of nitrogens with zero attached hydrogens (tertiary/aromatic N) is 1. The molecule has 2 aromatic heterocycles. The van der Waals surface area contributed by atoms with E-state index in [4.69, 9.17) is 4.74 Å². The second-order valence-electron chi connectivity index (χ2n) is 6.31. The smallest absolute Gasteiger partial charge is 0.412 e. The van der Waals surface area contributed by atoms with Gasteiger partial charge in [0.05, 0.1) is 5.69 Å². The van der Waals surface area contributed by atoms with Gasteiger partial charge in [0.1, 0.15) is 11.2 Å². The molecule has 0 spiro atoms. The van der Waals surface area contributed by atoms with Crippen LogP contribution in [0.2, 0.25) is 0 Å². The van der Waals surface area contributed by atoms with E-state index in [1.807, 2.05) is 63.4 Å². The van der Waals surface area contributed by atoms with Crippen LogP contribution < -0.4 is 5.32 Å². The van der Waals surface area contributed by atoms with E-state index >= 15 is 0 Å². The van der Waals surface area contributed by atoms with E-state index in [1.165, 1.54) is 0 Å². The molecule has 1 aromatic carbocycles. The molecule has 3 rings (SSSR count). The minimum absolute atomic E-state index is 0.472. The lowest BCUT2D eigenvalue weighted by Crippen LogP contribution is -2.27. The van der Waals surface area contributed by atoms with Crippen LogP contribution in [0.1, 0.15) is 20.8 Å². The largest absolute Gasteiger partial charge is 0.444 e. The average molecular weight is 309 g/mol. The van der Waals surface area contributed by atoms with Gasteiger partial charge in [-0.2, -0.15) is 0 Å². The first-order valence-electron chi connectivity index (χ1n) is 7.45. The molecule has 0 aliphatic rings. The molecule has 0 fully saturated rings. The minimum Gasteiger partial charge on any atom is -0.444 e. The Hall–Kier alpha value is -2.82. The quantitative estimate of drug-likeness (QED) is 0.728. The number of aromatic amines is 1. The van der Waals surface area contributed by atoms with Crippen LogP contribution in [0, 0.1) is 0 Å². The van der Waals surface area contributed by atoms with Gasteiger partial charge in [0.2, 0.25) is 0 Å². The molecule has 0 bridgehead atoms. The van der Waals surface area contributed by atoms with Crippen molar-refractivity contribution in [3.63, 3.8) is 0 Å². The third-order valence-electron chi connectivity index (χ3n) is 3.27. The molecule has 5 heteroatoms. The summed E-state index contributed by atoms with van der Waals surface area (Å²) in [4.78, 5) is 19.5. The van der Waals surface area contributed by atoms with Crippen LogP contribution >= 0.6 is 0 Å². The van der Waals surface area contributed by atoms with Crippen molar-refractivity contribution in [1.29, 1.82) is 0 Å². The van der Waals surface area contributed by atoms with Crippen molar-refractivity contribution in [2.75, 3.05) is 5.32 Å². The number of aromatic nitrogens is 2. The second kappa shape index (κ2) is 5.76. The summed E-state index contributed by atoms with van der Waals surface area (Å²) >= 11 is 0. The normalized spacial score (nSPS) is 11.4. The lowest BCUT2D eigenvalue weighted by Gasteiger charge is -2.20. The van der Waals surface area contributed by atoms with Gasteiger partial charge in [-0.25, -0.2) is 9.78 Å². The van der Waals surface area contributed by atoms with Crippen LogP contribution in [0.3, 0.4) is 0 Å². The van der Waals surface area contributed by atoms with Crippen LogP contribution in [-0.2, 0) is 4.74 Å². The van der Waals surface area contributed by atoms with E-state index in [1.54, 1.807) is 6.20 Å². The Morgan fingerprint density at radius 3 is 2.78 bits per heavy atom. The number of benzene rings is 1. The van der Waals surface area contributed by atoms with E-state index in [9.17, 15) is 4.79 Å². The lowest BCUT2D eigenvalue weighted by molar-refractivity contribution is 0.0636. The lowest BCUT2D eigenvalue weighted by atomic mass is 10.0. The Labute approximate surface area is 134 Å². The average Bonchev–Trinajstić information content (AvgIpc) is 2.93. The summed E-state index contributed by atoms with van der Waals surface area (Å²) in [6, 6.07) is 11.6. The Morgan fingerprint density at radius 2 is 2.00 bits per heavy atom. The maximum atomic E-state index is 12.0. The Bertz CT molecular complexity index is 847. The predicted molar refractivity (Wildman–Crippen MR) is 91.4 cm³/mol. The van der Waals surface area contributed by atoms with Crippen LogP contribution in [0.4, 0.5) is 10.5 Å². The highest BCUT2D eigenvalue weighted by molar-refractivity contribution is 5.93. The molecule has 2 N–H and O–H groups in total. The molecule has 0 saturated heterocycles.